The summed E-state index contributed by atoms with van der Waals surface area (Å²) < 4.78 is 11.0. The predicted octanol–water partition coefficient (Wildman–Crippen LogP) is 5.06. The SMILES string of the molecule is COc1cc(C(=O)N2CC[C@H]2c2noc(-c3cccc(Cl)c3C)n2)c(-c2ncccn2)cc1C. The Morgan fingerprint density at radius 3 is 2.65 bits per heavy atom. The Kier molecular flexibility index (Phi) is 5.75. The van der Waals surface area contributed by atoms with Gasteiger partial charge in [0.1, 0.15) is 5.75 Å². The van der Waals surface area contributed by atoms with Gasteiger partial charge >= 0.3 is 0 Å². The van der Waals surface area contributed by atoms with Gasteiger partial charge in [-0.15, -0.1) is 0 Å². The van der Waals surface area contributed by atoms with Crippen LogP contribution in [0.25, 0.3) is 22.8 Å². The zero-order chi connectivity index (χ0) is 23.8. The van der Waals surface area contributed by atoms with E-state index in [2.05, 4.69) is 20.1 Å². The van der Waals surface area contributed by atoms with Crippen LogP contribution in [0.3, 0.4) is 0 Å². The minimum absolute atomic E-state index is 0.165. The Morgan fingerprint density at radius 1 is 1.15 bits per heavy atom. The van der Waals surface area contributed by atoms with Crippen molar-refractivity contribution in [3.05, 3.63) is 76.3 Å². The smallest absolute Gasteiger partial charge is 0.258 e. The first-order valence-electron chi connectivity index (χ1n) is 10.8. The van der Waals surface area contributed by atoms with Crippen molar-refractivity contribution in [1.82, 2.24) is 25.0 Å². The third kappa shape index (κ3) is 3.80. The Morgan fingerprint density at radius 2 is 1.94 bits per heavy atom. The Bertz CT molecular complexity index is 1370. The van der Waals surface area contributed by atoms with Crippen LogP contribution in [0, 0.1) is 13.8 Å². The Balaban J connectivity index is 1.48. The van der Waals surface area contributed by atoms with Crippen LogP contribution < -0.4 is 4.74 Å². The third-order valence-electron chi connectivity index (χ3n) is 6.09. The fourth-order valence-corrected chi connectivity index (χ4v) is 4.25. The van der Waals surface area contributed by atoms with Gasteiger partial charge in [0.15, 0.2) is 11.6 Å². The van der Waals surface area contributed by atoms with E-state index in [1.165, 1.54) is 0 Å². The molecule has 0 radical (unpaired) electrons. The molecule has 9 heteroatoms. The van der Waals surface area contributed by atoms with Crippen LogP contribution >= 0.6 is 11.6 Å². The standard InChI is InChI=1S/C25H22ClN5O3/c1-14-12-17(22-27-9-5-10-28-22)18(13-21(14)33-3)25(32)31-11-8-20(31)23-29-24(34-30-23)16-6-4-7-19(26)15(16)2/h4-7,9-10,12-13,20H,8,11H2,1-3H3/t20-/m0/s1. The van der Waals surface area contributed by atoms with Crippen LogP contribution in [0.5, 0.6) is 5.75 Å². The van der Waals surface area contributed by atoms with Crippen LogP contribution in [0.1, 0.15) is 39.8 Å². The van der Waals surface area contributed by atoms with Gasteiger partial charge in [0.25, 0.3) is 11.8 Å². The number of likely N-dealkylation sites (tertiary alicyclic amines) is 1. The number of methoxy groups -OCH3 is 1. The van der Waals surface area contributed by atoms with E-state index >= 15 is 0 Å². The second-order valence-electron chi connectivity index (χ2n) is 8.11. The van der Waals surface area contributed by atoms with Crippen LogP contribution in [0.15, 0.2) is 53.3 Å². The highest BCUT2D eigenvalue weighted by Gasteiger charge is 2.38. The molecule has 0 aliphatic carbocycles. The van der Waals surface area contributed by atoms with E-state index in [1.54, 1.807) is 36.5 Å². The highest BCUT2D eigenvalue weighted by Crippen LogP contribution is 2.37. The lowest BCUT2D eigenvalue weighted by Gasteiger charge is -2.39. The molecule has 0 unspecified atom stereocenters. The predicted molar refractivity (Wildman–Crippen MR) is 127 cm³/mol. The van der Waals surface area contributed by atoms with Crippen molar-refractivity contribution in [1.29, 1.82) is 0 Å². The summed E-state index contributed by atoms with van der Waals surface area (Å²) in [6.45, 7) is 4.40. The lowest BCUT2D eigenvalue weighted by molar-refractivity contribution is 0.0436. The highest BCUT2D eigenvalue weighted by atomic mass is 35.5. The maximum atomic E-state index is 13.7. The third-order valence-corrected chi connectivity index (χ3v) is 6.50. The topological polar surface area (TPSA) is 94.2 Å². The molecule has 0 spiro atoms. The number of hydrogen-bond acceptors (Lipinski definition) is 7. The number of rotatable bonds is 5. The molecule has 34 heavy (non-hydrogen) atoms. The molecule has 3 heterocycles. The largest absolute Gasteiger partial charge is 0.496 e. The monoisotopic (exact) mass is 475 g/mol. The molecule has 1 atom stereocenters. The molecule has 8 nitrogen and oxygen atoms in total. The molecule has 5 rings (SSSR count). The molecular formula is C25H22ClN5O3. The molecule has 2 aromatic heterocycles. The number of benzene rings is 2. The Hall–Kier alpha value is -3.78. The fraction of sp³-hybridized carbons (Fsp3) is 0.240. The molecule has 4 aromatic rings. The molecule has 1 fully saturated rings. The average molecular weight is 476 g/mol. The maximum Gasteiger partial charge on any atom is 0.258 e. The molecular weight excluding hydrogens is 454 g/mol. The number of aromatic nitrogens is 4. The van der Waals surface area contributed by atoms with Gasteiger partial charge in [-0.1, -0.05) is 22.8 Å². The molecule has 2 aromatic carbocycles. The lowest BCUT2D eigenvalue weighted by Crippen LogP contribution is -2.45. The summed E-state index contributed by atoms with van der Waals surface area (Å²) in [7, 11) is 1.58. The van der Waals surface area contributed by atoms with Crippen molar-refractivity contribution in [2.24, 2.45) is 0 Å². The van der Waals surface area contributed by atoms with Gasteiger partial charge in [-0.2, -0.15) is 4.98 Å². The number of aryl methyl sites for hydroxylation is 1. The molecule has 1 aliphatic rings. The number of carbonyl (C=O) groups is 1. The van der Waals surface area contributed by atoms with E-state index in [9.17, 15) is 4.79 Å². The van der Waals surface area contributed by atoms with E-state index in [1.807, 2.05) is 38.1 Å². The van der Waals surface area contributed by atoms with E-state index in [0.29, 0.717) is 46.0 Å². The van der Waals surface area contributed by atoms with Crippen LogP contribution in [0.4, 0.5) is 0 Å². The van der Waals surface area contributed by atoms with E-state index in [-0.39, 0.29) is 11.9 Å². The molecule has 1 amide bonds. The summed E-state index contributed by atoms with van der Waals surface area (Å²) in [5.41, 5.74) is 3.64. The summed E-state index contributed by atoms with van der Waals surface area (Å²) in [4.78, 5) is 28.7. The summed E-state index contributed by atoms with van der Waals surface area (Å²) in [5.74, 6) is 1.78. The zero-order valence-corrected chi connectivity index (χ0v) is 19.7. The summed E-state index contributed by atoms with van der Waals surface area (Å²) in [5, 5.41) is 4.79. The quantitative estimate of drug-likeness (QED) is 0.398. The average Bonchev–Trinajstić information content (AvgIpc) is 3.29. The molecule has 1 aliphatic heterocycles. The second-order valence-corrected chi connectivity index (χ2v) is 8.52. The number of nitrogens with zero attached hydrogens (tertiary/aromatic N) is 5. The summed E-state index contributed by atoms with van der Waals surface area (Å²) >= 11 is 6.24. The van der Waals surface area contributed by atoms with Gasteiger partial charge in [0, 0.05) is 35.1 Å². The number of hydrogen-bond donors (Lipinski definition) is 0. The first-order chi connectivity index (χ1) is 16.5. The second kappa shape index (κ2) is 8.87. The maximum absolute atomic E-state index is 13.7. The zero-order valence-electron chi connectivity index (χ0n) is 18.9. The molecule has 1 saturated heterocycles. The number of carbonyl (C=O) groups excluding carboxylic acids is 1. The minimum Gasteiger partial charge on any atom is -0.496 e. The van der Waals surface area contributed by atoms with Crippen molar-refractivity contribution >= 4 is 17.5 Å². The minimum atomic E-state index is -0.290. The van der Waals surface area contributed by atoms with Crippen molar-refractivity contribution in [2.45, 2.75) is 26.3 Å². The van der Waals surface area contributed by atoms with Crippen molar-refractivity contribution in [2.75, 3.05) is 13.7 Å². The van der Waals surface area contributed by atoms with Gasteiger partial charge in [-0.25, -0.2) is 9.97 Å². The molecule has 0 saturated carbocycles. The van der Waals surface area contributed by atoms with Gasteiger partial charge in [0.2, 0.25) is 0 Å². The number of halogens is 1. The summed E-state index contributed by atoms with van der Waals surface area (Å²) in [6.07, 6.45) is 4.04. The van der Waals surface area contributed by atoms with Crippen molar-refractivity contribution in [3.63, 3.8) is 0 Å². The van der Waals surface area contributed by atoms with E-state index in [4.69, 9.17) is 20.9 Å². The van der Waals surface area contributed by atoms with Gasteiger partial charge < -0.3 is 14.2 Å². The van der Waals surface area contributed by atoms with Crippen LogP contribution in [-0.2, 0) is 0 Å². The summed E-state index contributed by atoms with van der Waals surface area (Å²) in [6, 6.07) is 10.6. The van der Waals surface area contributed by atoms with Crippen LogP contribution in [-0.4, -0.2) is 44.6 Å². The van der Waals surface area contributed by atoms with Crippen molar-refractivity contribution in [3.8, 4) is 28.6 Å². The van der Waals surface area contributed by atoms with Crippen molar-refractivity contribution < 1.29 is 14.1 Å². The van der Waals surface area contributed by atoms with Gasteiger partial charge in [0.05, 0.1) is 18.7 Å². The molecule has 0 N–H and O–H groups in total. The Labute approximate surface area is 201 Å². The molecule has 0 bridgehead atoms. The first-order valence-corrected chi connectivity index (χ1v) is 11.2. The fourth-order valence-electron chi connectivity index (χ4n) is 4.08. The highest BCUT2D eigenvalue weighted by molar-refractivity contribution is 6.31. The van der Waals surface area contributed by atoms with Crippen LogP contribution in [0.2, 0.25) is 5.02 Å². The normalized spacial score (nSPS) is 15.2. The van der Waals surface area contributed by atoms with Gasteiger partial charge in [-0.05, 0) is 61.7 Å². The van der Waals surface area contributed by atoms with E-state index in [0.717, 1.165) is 23.1 Å². The number of ether oxygens (including phenoxy) is 1. The lowest BCUT2D eigenvalue weighted by atomic mass is 9.96. The first kappa shape index (κ1) is 22.0. The number of amides is 1. The van der Waals surface area contributed by atoms with Gasteiger partial charge in [-0.3, -0.25) is 4.79 Å². The molecule has 172 valence electrons. The van der Waals surface area contributed by atoms with E-state index < -0.39 is 0 Å².